The summed E-state index contributed by atoms with van der Waals surface area (Å²) in [7, 11) is 0. The average Bonchev–Trinajstić information content (AvgIpc) is 3.00. The van der Waals surface area contributed by atoms with Gasteiger partial charge < -0.3 is 9.90 Å². The molecule has 6 heteroatoms. The van der Waals surface area contributed by atoms with Crippen molar-refractivity contribution in [3.8, 4) is 0 Å². The number of carbonyl (C=O) groups excluding carboxylic acids is 1. The average molecular weight is 360 g/mol. The Bertz CT molecular complexity index is 685. The van der Waals surface area contributed by atoms with Crippen LogP contribution < -0.4 is 5.32 Å². The molecular formula is C19H24N2O3S. The van der Waals surface area contributed by atoms with Crippen molar-refractivity contribution < 1.29 is 14.7 Å². The molecule has 1 aromatic carbocycles. The molecule has 2 atom stereocenters. The molecule has 0 saturated carbocycles. The monoisotopic (exact) mass is 360 g/mol. The van der Waals surface area contributed by atoms with E-state index in [1.165, 1.54) is 16.9 Å². The lowest BCUT2D eigenvalue weighted by atomic mass is 10.0. The van der Waals surface area contributed by atoms with Crippen LogP contribution in [0.15, 0.2) is 35.7 Å². The molecule has 1 heterocycles. The lowest BCUT2D eigenvalue weighted by Crippen LogP contribution is -2.46. The summed E-state index contributed by atoms with van der Waals surface area (Å²) in [6, 6.07) is 8.76. The topological polar surface area (TPSA) is 79.3 Å². The highest BCUT2D eigenvalue weighted by molar-refractivity contribution is 7.09. The second-order valence-corrected chi connectivity index (χ2v) is 7.47. The smallest absolute Gasteiger partial charge is 0.321 e. The highest BCUT2D eigenvalue weighted by Gasteiger charge is 2.23. The fourth-order valence-corrected chi connectivity index (χ4v) is 3.49. The predicted molar refractivity (Wildman–Crippen MR) is 98.9 cm³/mol. The maximum absolute atomic E-state index is 11.5. The number of benzene rings is 1. The number of carboxylic acid groups (broad SMARTS) is 1. The summed E-state index contributed by atoms with van der Waals surface area (Å²) in [5.41, 5.74) is 2.11. The molecule has 134 valence electrons. The summed E-state index contributed by atoms with van der Waals surface area (Å²) in [6.07, 6.45) is 2.41. The van der Waals surface area contributed by atoms with Gasteiger partial charge in [-0.05, 0) is 17.9 Å². The molecule has 0 aliphatic heterocycles. The van der Waals surface area contributed by atoms with Gasteiger partial charge in [0, 0.05) is 18.2 Å². The first-order chi connectivity index (χ1) is 12.0. The van der Waals surface area contributed by atoms with E-state index < -0.39 is 18.1 Å². The van der Waals surface area contributed by atoms with Gasteiger partial charge in [-0.25, -0.2) is 4.98 Å². The first kappa shape index (κ1) is 19.3. The van der Waals surface area contributed by atoms with E-state index in [1.54, 1.807) is 0 Å². The van der Waals surface area contributed by atoms with Crippen LogP contribution in [0.4, 0.5) is 0 Å². The maximum atomic E-state index is 11.5. The zero-order valence-electron chi connectivity index (χ0n) is 14.5. The van der Waals surface area contributed by atoms with Crippen LogP contribution in [0.3, 0.4) is 0 Å². The Balaban J connectivity index is 2.00. The van der Waals surface area contributed by atoms with Crippen LogP contribution in [0.1, 0.15) is 36.5 Å². The number of nitrogens with one attached hydrogen (secondary N) is 1. The van der Waals surface area contributed by atoms with E-state index in [0.717, 1.165) is 23.4 Å². The number of aldehydes is 1. The highest BCUT2D eigenvalue weighted by atomic mass is 32.1. The Hall–Kier alpha value is -2.05. The van der Waals surface area contributed by atoms with Crippen LogP contribution in [0.25, 0.3) is 0 Å². The van der Waals surface area contributed by atoms with E-state index >= 15 is 0 Å². The Morgan fingerprint density at radius 3 is 2.64 bits per heavy atom. The van der Waals surface area contributed by atoms with Crippen LogP contribution in [0, 0.1) is 5.92 Å². The Labute approximate surface area is 152 Å². The van der Waals surface area contributed by atoms with E-state index in [0.29, 0.717) is 12.3 Å². The quantitative estimate of drug-likeness (QED) is 0.637. The number of thiazole rings is 1. The molecule has 1 aromatic heterocycles. The summed E-state index contributed by atoms with van der Waals surface area (Å²) < 4.78 is 0. The normalized spacial score (nSPS) is 13.6. The van der Waals surface area contributed by atoms with Gasteiger partial charge in [0.2, 0.25) is 0 Å². The molecule has 0 aliphatic carbocycles. The molecule has 2 rings (SSSR count). The molecule has 0 saturated heterocycles. The molecule has 2 aromatic rings. The van der Waals surface area contributed by atoms with Gasteiger partial charge in [-0.15, -0.1) is 11.3 Å². The summed E-state index contributed by atoms with van der Waals surface area (Å²) in [5, 5.41) is 15.1. The Kier molecular flexibility index (Phi) is 7.28. The molecule has 0 fully saturated rings. The molecule has 0 aliphatic rings. The van der Waals surface area contributed by atoms with E-state index in [1.807, 2.05) is 49.6 Å². The van der Waals surface area contributed by atoms with Gasteiger partial charge in [-0.2, -0.15) is 0 Å². The number of aromatic nitrogens is 1. The minimum absolute atomic E-state index is 0.275. The minimum Gasteiger partial charge on any atom is -0.480 e. The number of carbonyl (C=O) groups is 2. The number of aliphatic carboxylic acids is 1. The number of carboxylic acids is 1. The van der Waals surface area contributed by atoms with Gasteiger partial charge in [0.15, 0.2) is 0 Å². The van der Waals surface area contributed by atoms with Crippen molar-refractivity contribution in [2.45, 2.75) is 45.2 Å². The molecule has 5 nitrogen and oxygen atoms in total. The molecule has 25 heavy (non-hydrogen) atoms. The van der Waals surface area contributed by atoms with Gasteiger partial charge in [0.05, 0.1) is 16.7 Å². The first-order valence-corrected chi connectivity index (χ1v) is 9.27. The van der Waals surface area contributed by atoms with E-state index in [4.69, 9.17) is 0 Å². The van der Waals surface area contributed by atoms with Crippen molar-refractivity contribution in [1.82, 2.24) is 10.3 Å². The summed E-state index contributed by atoms with van der Waals surface area (Å²) >= 11 is 1.46. The summed E-state index contributed by atoms with van der Waals surface area (Å²) in [5.74, 6) is -0.648. The van der Waals surface area contributed by atoms with E-state index in [2.05, 4.69) is 10.3 Å². The second kappa shape index (κ2) is 9.44. The van der Waals surface area contributed by atoms with E-state index in [9.17, 15) is 14.7 Å². The van der Waals surface area contributed by atoms with Crippen LogP contribution in [-0.2, 0) is 22.4 Å². The Morgan fingerprint density at radius 2 is 2.04 bits per heavy atom. The first-order valence-electron chi connectivity index (χ1n) is 8.39. The molecule has 2 N–H and O–H groups in total. The number of hydrogen-bond acceptors (Lipinski definition) is 5. The third-order valence-electron chi connectivity index (χ3n) is 3.81. The van der Waals surface area contributed by atoms with Crippen molar-refractivity contribution in [2.75, 3.05) is 0 Å². The lowest BCUT2D eigenvalue weighted by Gasteiger charge is -2.19. The Morgan fingerprint density at radius 1 is 1.32 bits per heavy atom. The van der Waals surface area contributed by atoms with Crippen LogP contribution in [0.5, 0.6) is 0 Å². The van der Waals surface area contributed by atoms with Crippen LogP contribution in [0.2, 0.25) is 0 Å². The van der Waals surface area contributed by atoms with Crippen molar-refractivity contribution in [3.05, 3.63) is 52.0 Å². The van der Waals surface area contributed by atoms with Crippen molar-refractivity contribution in [3.63, 3.8) is 0 Å². The number of nitrogens with zero attached hydrogens (tertiary/aromatic N) is 1. The lowest BCUT2D eigenvalue weighted by molar-refractivity contribution is -0.139. The van der Waals surface area contributed by atoms with Crippen molar-refractivity contribution in [1.29, 1.82) is 0 Å². The molecule has 0 bridgehead atoms. The van der Waals surface area contributed by atoms with Gasteiger partial charge in [0.1, 0.15) is 12.3 Å². The van der Waals surface area contributed by atoms with Crippen molar-refractivity contribution >= 4 is 23.6 Å². The largest absolute Gasteiger partial charge is 0.480 e. The summed E-state index contributed by atoms with van der Waals surface area (Å²) in [6.45, 7) is 4.01. The second-order valence-electron chi connectivity index (χ2n) is 6.53. The third-order valence-corrected chi connectivity index (χ3v) is 4.73. The number of hydrogen-bond donors (Lipinski definition) is 2. The summed E-state index contributed by atoms with van der Waals surface area (Å²) in [4.78, 5) is 27.3. The zero-order chi connectivity index (χ0) is 18.2. The van der Waals surface area contributed by atoms with Gasteiger partial charge >= 0.3 is 5.97 Å². The van der Waals surface area contributed by atoms with Gasteiger partial charge in [-0.3, -0.25) is 10.1 Å². The van der Waals surface area contributed by atoms with Crippen LogP contribution >= 0.6 is 11.3 Å². The minimum atomic E-state index is -0.963. The zero-order valence-corrected chi connectivity index (χ0v) is 15.3. The SMILES string of the molecule is CC(C)C[C@@H](C=O)N[C@@H](Cc1nc(Cc2ccccc2)cs1)C(=O)O. The predicted octanol–water partition coefficient (Wildman–Crippen LogP) is 2.93. The standard InChI is InChI=1S/C19H24N2O3S/c1-13(2)8-15(11-22)20-17(19(23)24)10-18-21-16(12-25-18)9-14-6-4-3-5-7-14/h3-7,11-13,15,17,20H,8-10H2,1-2H3,(H,23,24)/t15-,17-/m0/s1. The molecular weight excluding hydrogens is 336 g/mol. The molecule has 0 spiro atoms. The van der Waals surface area contributed by atoms with Gasteiger partial charge in [-0.1, -0.05) is 44.2 Å². The third kappa shape index (κ3) is 6.40. The fraction of sp³-hybridized carbons (Fsp3) is 0.421. The molecule has 0 amide bonds. The maximum Gasteiger partial charge on any atom is 0.321 e. The van der Waals surface area contributed by atoms with Gasteiger partial charge in [0.25, 0.3) is 0 Å². The van der Waals surface area contributed by atoms with Crippen molar-refractivity contribution in [2.24, 2.45) is 5.92 Å². The number of rotatable bonds is 10. The molecule has 0 unspecified atom stereocenters. The van der Waals surface area contributed by atoms with Crippen LogP contribution in [-0.4, -0.2) is 34.4 Å². The fourth-order valence-electron chi connectivity index (χ4n) is 2.65. The highest BCUT2D eigenvalue weighted by Crippen LogP contribution is 2.16. The van der Waals surface area contributed by atoms with E-state index in [-0.39, 0.29) is 6.42 Å². The molecule has 0 radical (unpaired) electrons.